The minimum Gasteiger partial charge on any atom is -0.493 e. The van der Waals surface area contributed by atoms with Gasteiger partial charge in [-0.1, -0.05) is 25.4 Å². The molecule has 0 atom stereocenters. The molecule has 3 nitrogen and oxygen atoms in total. The van der Waals surface area contributed by atoms with Gasteiger partial charge in [-0.2, -0.15) is 0 Å². The van der Waals surface area contributed by atoms with Gasteiger partial charge >= 0.3 is 5.97 Å². The molecule has 0 aromatic heterocycles. The predicted octanol–water partition coefficient (Wildman–Crippen LogP) is 3.31. The van der Waals surface area contributed by atoms with Crippen LogP contribution in [0.2, 0.25) is 5.02 Å². The maximum Gasteiger partial charge on any atom is 0.307 e. The second-order valence-electron chi connectivity index (χ2n) is 4.48. The van der Waals surface area contributed by atoms with Gasteiger partial charge in [0, 0.05) is 10.6 Å². The predicted molar refractivity (Wildman–Crippen MR) is 67.9 cm³/mol. The first-order valence-corrected chi connectivity index (χ1v) is 5.91. The average Bonchev–Trinajstić information content (AvgIpc) is 2.20. The molecular formula is C13H17ClO3. The molecule has 1 aromatic carbocycles. The molecule has 1 N–H and O–H groups in total. The van der Waals surface area contributed by atoms with Gasteiger partial charge in [0.05, 0.1) is 13.0 Å². The number of hydrogen-bond donors (Lipinski definition) is 1. The lowest BCUT2D eigenvalue weighted by molar-refractivity contribution is -0.136. The third-order valence-corrected chi connectivity index (χ3v) is 2.66. The highest BCUT2D eigenvalue weighted by atomic mass is 35.5. The van der Waals surface area contributed by atoms with E-state index in [2.05, 4.69) is 0 Å². The second-order valence-corrected chi connectivity index (χ2v) is 4.89. The van der Waals surface area contributed by atoms with E-state index in [1.54, 1.807) is 12.1 Å². The number of carbonyl (C=O) groups is 1. The number of carboxylic acid groups (broad SMARTS) is 1. The summed E-state index contributed by atoms with van der Waals surface area (Å²) in [6.45, 7) is 6.52. The Labute approximate surface area is 106 Å². The van der Waals surface area contributed by atoms with Crippen molar-refractivity contribution in [3.63, 3.8) is 0 Å². The smallest absolute Gasteiger partial charge is 0.307 e. The van der Waals surface area contributed by atoms with Crippen LogP contribution in [0.4, 0.5) is 0 Å². The maximum atomic E-state index is 10.8. The molecule has 0 radical (unpaired) electrons. The topological polar surface area (TPSA) is 46.5 Å². The highest BCUT2D eigenvalue weighted by Crippen LogP contribution is 2.27. The van der Waals surface area contributed by atoms with Crippen molar-refractivity contribution < 1.29 is 14.6 Å². The standard InChI is InChI=1S/C13H17ClO3/c1-8(2)7-17-12-4-9(3)11(14)5-10(12)6-13(15)16/h4-5,8H,6-7H2,1-3H3,(H,15,16). The third-order valence-electron chi connectivity index (χ3n) is 2.26. The van der Waals surface area contributed by atoms with E-state index in [9.17, 15) is 4.79 Å². The van der Waals surface area contributed by atoms with Gasteiger partial charge in [0.25, 0.3) is 0 Å². The van der Waals surface area contributed by atoms with Crippen molar-refractivity contribution in [1.29, 1.82) is 0 Å². The average molecular weight is 257 g/mol. The van der Waals surface area contributed by atoms with E-state index in [-0.39, 0.29) is 6.42 Å². The molecule has 0 saturated heterocycles. The summed E-state index contributed by atoms with van der Waals surface area (Å²) >= 11 is 5.98. The zero-order chi connectivity index (χ0) is 13.0. The van der Waals surface area contributed by atoms with E-state index in [4.69, 9.17) is 21.4 Å². The maximum absolute atomic E-state index is 10.8. The quantitative estimate of drug-likeness (QED) is 0.879. The lowest BCUT2D eigenvalue weighted by Crippen LogP contribution is -2.08. The zero-order valence-electron chi connectivity index (χ0n) is 10.3. The first-order valence-electron chi connectivity index (χ1n) is 5.53. The minimum absolute atomic E-state index is 0.0760. The molecule has 0 aliphatic heterocycles. The Bertz CT molecular complexity index is 413. The number of carboxylic acids is 1. The Kier molecular flexibility index (Phi) is 4.82. The SMILES string of the molecule is Cc1cc(OCC(C)C)c(CC(=O)O)cc1Cl. The van der Waals surface area contributed by atoms with Gasteiger partial charge in [-0.05, 0) is 30.5 Å². The zero-order valence-corrected chi connectivity index (χ0v) is 11.0. The molecule has 0 aliphatic carbocycles. The summed E-state index contributed by atoms with van der Waals surface area (Å²) in [5.74, 6) is 0.117. The molecule has 1 rings (SSSR count). The van der Waals surface area contributed by atoms with Crippen LogP contribution in [0.5, 0.6) is 5.75 Å². The molecule has 0 amide bonds. The van der Waals surface area contributed by atoms with Crippen LogP contribution in [0.25, 0.3) is 0 Å². The first-order chi connectivity index (χ1) is 7.90. The largest absolute Gasteiger partial charge is 0.493 e. The fraction of sp³-hybridized carbons (Fsp3) is 0.462. The van der Waals surface area contributed by atoms with E-state index in [1.807, 2.05) is 20.8 Å². The molecule has 94 valence electrons. The van der Waals surface area contributed by atoms with E-state index < -0.39 is 5.97 Å². The van der Waals surface area contributed by atoms with Crippen molar-refractivity contribution in [1.82, 2.24) is 0 Å². The van der Waals surface area contributed by atoms with Crippen LogP contribution >= 0.6 is 11.6 Å². The summed E-state index contributed by atoms with van der Waals surface area (Å²) < 4.78 is 5.61. The Morgan fingerprint density at radius 3 is 2.65 bits per heavy atom. The van der Waals surface area contributed by atoms with Crippen molar-refractivity contribution in [2.24, 2.45) is 5.92 Å². The van der Waals surface area contributed by atoms with Crippen LogP contribution in [0.15, 0.2) is 12.1 Å². The molecule has 1 aromatic rings. The minimum atomic E-state index is -0.890. The Balaban J connectivity index is 2.98. The molecule has 0 spiro atoms. The van der Waals surface area contributed by atoms with E-state index in [1.165, 1.54) is 0 Å². The van der Waals surface area contributed by atoms with Crippen molar-refractivity contribution in [3.8, 4) is 5.75 Å². The second kappa shape index (κ2) is 5.92. The number of hydrogen-bond acceptors (Lipinski definition) is 2. The van der Waals surface area contributed by atoms with E-state index >= 15 is 0 Å². The van der Waals surface area contributed by atoms with E-state index in [0.717, 1.165) is 5.56 Å². The summed E-state index contributed by atoms with van der Waals surface area (Å²) in [5, 5.41) is 9.40. The lowest BCUT2D eigenvalue weighted by Gasteiger charge is -2.14. The van der Waals surface area contributed by atoms with Crippen LogP contribution in [0, 0.1) is 12.8 Å². The van der Waals surface area contributed by atoms with Gasteiger partial charge < -0.3 is 9.84 Å². The summed E-state index contributed by atoms with van der Waals surface area (Å²) in [7, 11) is 0. The molecule has 0 unspecified atom stereocenters. The number of aryl methyl sites for hydroxylation is 1. The molecule has 0 heterocycles. The molecule has 17 heavy (non-hydrogen) atoms. The van der Waals surface area contributed by atoms with Crippen LogP contribution in [0.3, 0.4) is 0 Å². The van der Waals surface area contributed by atoms with Crippen LogP contribution in [-0.2, 0) is 11.2 Å². The first kappa shape index (κ1) is 13.8. The summed E-state index contributed by atoms with van der Waals surface area (Å²) in [4.78, 5) is 10.8. The van der Waals surface area contributed by atoms with Crippen LogP contribution < -0.4 is 4.74 Å². The van der Waals surface area contributed by atoms with Gasteiger partial charge in [-0.15, -0.1) is 0 Å². The lowest BCUT2D eigenvalue weighted by atomic mass is 10.1. The molecule has 0 saturated carbocycles. The molecule has 0 aliphatic rings. The highest BCUT2D eigenvalue weighted by molar-refractivity contribution is 6.31. The van der Waals surface area contributed by atoms with Crippen molar-refractivity contribution in [3.05, 3.63) is 28.3 Å². The van der Waals surface area contributed by atoms with Crippen molar-refractivity contribution >= 4 is 17.6 Å². The fourth-order valence-electron chi connectivity index (χ4n) is 1.39. The van der Waals surface area contributed by atoms with Gasteiger partial charge in [0.2, 0.25) is 0 Å². The molecular weight excluding hydrogens is 240 g/mol. The third kappa shape index (κ3) is 4.27. The number of rotatable bonds is 5. The van der Waals surface area contributed by atoms with Crippen molar-refractivity contribution in [2.75, 3.05) is 6.61 Å². The highest BCUT2D eigenvalue weighted by Gasteiger charge is 2.11. The van der Waals surface area contributed by atoms with Crippen LogP contribution in [-0.4, -0.2) is 17.7 Å². The Morgan fingerprint density at radius 2 is 2.12 bits per heavy atom. The van der Waals surface area contributed by atoms with Gasteiger partial charge in [-0.25, -0.2) is 0 Å². The summed E-state index contributed by atoms with van der Waals surface area (Å²) in [6.07, 6.45) is -0.0760. The van der Waals surface area contributed by atoms with Gasteiger partial charge in [0.15, 0.2) is 0 Å². The summed E-state index contributed by atoms with van der Waals surface area (Å²) in [6, 6.07) is 3.46. The molecule has 4 heteroatoms. The number of benzene rings is 1. The van der Waals surface area contributed by atoms with Crippen molar-refractivity contribution in [2.45, 2.75) is 27.2 Å². The molecule has 0 fully saturated rings. The Morgan fingerprint density at radius 1 is 1.47 bits per heavy atom. The number of halogens is 1. The monoisotopic (exact) mass is 256 g/mol. The van der Waals surface area contributed by atoms with Crippen LogP contribution in [0.1, 0.15) is 25.0 Å². The number of ether oxygens (including phenoxy) is 1. The Hall–Kier alpha value is -1.22. The molecule has 0 bridgehead atoms. The fourth-order valence-corrected chi connectivity index (χ4v) is 1.57. The van der Waals surface area contributed by atoms with Gasteiger partial charge in [0.1, 0.15) is 5.75 Å². The number of aliphatic carboxylic acids is 1. The summed E-state index contributed by atoms with van der Waals surface area (Å²) in [5.41, 5.74) is 1.51. The van der Waals surface area contributed by atoms with E-state index in [0.29, 0.717) is 28.9 Å². The van der Waals surface area contributed by atoms with Gasteiger partial charge in [-0.3, -0.25) is 4.79 Å². The normalized spacial score (nSPS) is 10.6.